The molecule has 2 N–H and O–H groups in total. The highest BCUT2D eigenvalue weighted by Crippen LogP contribution is 2.30. The summed E-state index contributed by atoms with van der Waals surface area (Å²) in [5.41, 5.74) is 6.59. The molecule has 3 rings (SSSR count). The summed E-state index contributed by atoms with van der Waals surface area (Å²) in [6.07, 6.45) is 5.53. The molecule has 1 aromatic heterocycles. The van der Waals surface area contributed by atoms with Crippen LogP contribution in [0.25, 0.3) is 0 Å². The number of amides is 1. The number of anilines is 2. The van der Waals surface area contributed by atoms with Crippen LogP contribution in [-0.2, 0) is 4.79 Å². The summed E-state index contributed by atoms with van der Waals surface area (Å²) in [6, 6.07) is 2.42. The van der Waals surface area contributed by atoms with Crippen molar-refractivity contribution in [2.75, 3.05) is 30.8 Å². The summed E-state index contributed by atoms with van der Waals surface area (Å²) in [5.74, 6) is 1.83. The van der Waals surface area contributed by atoms with Crippen LogP contribution in [0, 0.1) is 12.8 Å². The Bertz CT molecular complexity index is 535. The molecule has 1 aliphatic heterocycles. The van der Waals surface area contributed by atoms with Crippen molar-refractivity contribution < 1.29 is 4.79 Å². The van der Waals surface area contributed by atoms with Crippen molar-refractivity contribution in [2.24, 2.45) is 5.92 Å². The summed E-state index contributed by atoms with van der Waals surface area (Å²) in [7, 11) is 2.00. The molecule has 120 valence electrons. The van der Waals surface area contributed by atoms with Gasteiger partial charge in [-0.2, -0.15) is 4.98 Å². The Morgan fingerprint density at radius 2 is 2.09 bits per heavy atom. The first-order valence-corrected chi connectivity index (χ1v) is 8.14. The van der Waals surface area contributed by atoms with Gasteiger partial charge in [-0.15, -0.1) is 0 Å². The summed E-state index contributed by atoms with van der Waals surface area (Å²) in [6.45, 7) is 3.62. The van der Waals surface area contributed by atoms with Gasteiger partial charge in [-0.05, 0) is 19.8 Å². The molecule has 0 bridgehead atoms. The highest BCUT2D eigenvalue weighted by atomic mass is 16.2. The van der Waals surface area contributed by atoms with Crippen molar-refractivity contribution in [1.82, 2.24) is 14.9 Å². The van der Waals surface area contributed by atoms with E-state index in [1.54, 1.807) is 0 Å². The van der Waals surface area contributed by atoms with Crippen LogP contribution in [0.3, 0.4) is 0 Å². The molecule has 6 heteroatoms. The second-order valence-corrected chi connectivity index (χ2v) is 6.66. The minimum absolute atomic E-state index is 0.303. The molecule has 1 aliphatic carbocycles. The number of aryl methyl sites for hydroxylation is 1. The third-order valence-electron chi connectivity index (χ3n) is 4.79. The number of carbonyl (C=O) groups is 1. The molecule has 2 aliphatic rings. The molecule has 0 spiro atoms. The Labute approximate surface area is 131 Å². The van der Waals surface area contributed by atoms with Gasteiger partial charge < -0.3 is 15.5 Å². The number of hydrogen-bond donors (Lipinski definition) is 1. The maximum Gasteiger partial charge on any atom is 0.223 e. The van der Waals surface area contributed by atoms with Gasteiger partial charge in [0.15, 0.2) is 0 Å². The van der Waals surface area contributed by atoms with Gasteiger partial charge in [0.1, 0.15) is 5.82 Å². The van der Waals surface area contributed by atoms with E-state index in [-0.39, 0.29) is 0 Å². The van der Waals surface area contributed by atoms with Crippen LogP contribution in [-0.4, -0.2) is 47.0 Å². The fourth-order valence-electron chi connectivity index (χ4n) is 3.75. The molecule has 0 radical (unpaired) electrons. The van der Waals surface area contributed by atoms with Crippen LogP contribution in [0.1, 0.15) is 37.8 Å². The Balaban J connectivity index is 1.62. The van der Waals surface area contributed by atoms with Crippen LogP contribution >= 0.6 is 0 Å². The topological polar surface area (TPSA) is 75.4 Å². The molecule has 1 amide bonds. The van der Waals surface area contributed by atoms with Gasteiger partial charge in [0.05, 0.1) is 0 Å². The summed E-state index contributed by atoms with van der Waals surface area (Å²) < 4.78 is 0. The van der Waals surface area contributed by atoms with E-state index in [4.69, 9.17) is 5.73 Å². The van der Waals surface area contributed by atoms with E-state index >= 15 is 0 Å². The predicted molar refractivity (Wildman–Crippen MR) is 86.5 cm³/mol. The molecule has 1 atom stereocenters. The van der Waals surface area contributed by atoms with E-state index in [0.717, 1.165) is 24.6 Å². The first-order valence-electron chi connectivity index (χ1n) is 8.14. The van der Waals surface area contributed by atoms with Crippen molar-refractivity contribution >= 4 is 17.7 Å². The largest absolute Gasteiger partial charge is 0.368 e. The molecule has 1 saturated heterocycles. The molecule has 1 aromatic rings. The highest BCUT2D eigenvalue weighted by Gasteiger charge is 2.35. The number of nitrogen functional groups attached to an aromatic ring is 1. The van der Waals surface area contributed by atoms with Gasteiger partial charge >= 0.3 is 0 Å². The highest BCUT2D eigenvalue weighted by molar-refractivity contribution is 5.79. The van der Waals surface area contributed by atoms with Gasteiger partial charge in [-0.1, -0.05) is 12.8 Å². The smallest absolute Gasteiger partial charge is 0.223 e. The van der Waals surface area contributed by atoms with E-state index in [9.17, 15) is 4.79 Å². The van der Waals surface area contributed by atoms with Crippen LogP contribution < -0.4 is 10.6 Å². The van der Waals surface area contributed by atoms with E-state index < -0.39 is 0 Å². The number of nitrogens with zero attached hydrogens (tertiary/aromatic N) is 4. The van der Waals surface area contributed by atoms with Gasteiger partial charge in [-0.25, -0.2) is 4.98 Å². The summed E-state index contributed by atoms with van der Waals surface area (Å²) in [4.78, 5) is 24.8. The number of likely N-dealkylation sites (tertiary alicyclic amines) is 1. The van der Waals surface area contributed by atoms with Gasteiger partial charge in [-0.3, -0.25) is 4.79 Å². The normalized spacial score (nSPS) is 22.5. The maximum absolute atomic E-state index is 12.3. The Hall–Kier alpha value is -1.85. The second kappa shape index (κ2) is 6.10. The number of aromatic nitrogens is 2. The number of carbonyl (C=O) groups excluding carboxylic acids is 1. The molecule has 2 fully saturated rings. The minimum atomic E-state index is 0.303. The average molecular weight is 303 g/mol. The third-order valence-corrected chi connectivity index (χ3v) is 4.79. The fourth-order valence-corrected chi connectivity index (χ4v) is 3.75. The zero-order valence-electron chi connectivity index (χ0n) is 13.5. The van der Waals surface area contributed by atoms with Crippen molar-refractivity contribution in [2.45, 2.75) is 45.1 Å². The molecular formula is C16H25N5O. The molecular weight excluding hydrogens is 278 g/mol. The van der Waals surface area contributed by atoms with E-state index in [2.05, 4.69) is 19.8 Å². The SMILES string of the molecule is Cc1cc(N(C)C[C@@H]2CC(=O)N(C3CCCC3)C2)nc(N)n1. The van der Waals surface area contributed by atoms with E-state index in [0.29, 0.717) is 30.2 Å². The first-order chi connectivity index (χ1) is 10.5. The monoisotopic (exact) mass is 303 g/mol. The molecule has 2 heterocycles. The average Bonchev–Trinajstić information content (AvgIpc) is 3.07. The Morgan fingerprint density at radius 3 is 2.77 bits per heavy atom. The summed E-state index contributed by atoms with van der Waals surface area (Å²) in [5, 5.41) is 0. The molecule has 1 saturated carbocycles. The lowest BCUT2D eigenvalue weighted by Gasteiger charge is -2.25. The van der Waals surface area contributed by atoms with Gasteiger partial charge in [0.2, 0.25) is 11.9 Å². The molecule has 6 nitrogen and oxygen atoms in total. The number of hydrogen-bond acceptors (Lipinski definition) is 5. The Morgan fingerprint density at radius 1 is 1.36 bits per heavy atom. The number of nitrogens with two attached hydrogens (primary N) is 1. The van der Waals surface area contributed by atoms with E-state index in [1.807, 2.05) is 20.0 Å². The third kappa shape index (κ3) is 3.15. The standard InChI is InChI=1S/C16H25N5O/c1-11-7-14(19-16(17)18-11)20(2)9-12-8-15(22)21(10-12)13-5-3-4-6-13/h7,12-13H,3-6,8-10H2,1-2H3,(H2,17,18,19)/t12-/m0/s1. The van der Waals surface area contributed by atoms with Crippen molar-refractivity contribution in [3.05, 3.63) is 11.8 Å². The Kier molecular flexibility index (Phi) is 4.18. The van der Waals surface area contributed by atoms with Crippen molar-refractivity contribution in [1.29, 1.82) is 0 Å². The zero-order valence-corrected chi connectivity index (χ0v) is 13.5. The fraction of sp³-hybridized carbons (Fsp3) is 0.688. The van der Waals surface area contributed by atoms with Gasteiger partial charge in [0.25, 0.3) is 0 Å². The molecule has 0 unspecified atom stereocenters. The lowest BCUT2D eigenvalue weighted by atomic mass is 10.1. The second-order valence-electron chi connectivity index (χ2n) is 6.66. The van der Waals surface area contributed by atoms with Crippen molar-refractivity contribution in [3.63, 3.8) is 0 Å². The quantitative estimate of drug-likeness (QED) is 0.914. The zero-order chi connectivity index (χ0) is 15.7. The van der Waals surface area contributed by atoms with E-state index in [1.165, 1.54) is 25.7 Å². The lowest BCUT2D eigenvalue weighted by Crippen LogP contribution is -2.35. The first kappa shape index (κ1) is 15.1. The van der Waals surface area contributed by atoms with Gasteiger partial charge in [0, 0.05) is 50.3 Å². The minimum Gasteiger partial charge on any atom is -0.368 e. The van der Waals surface area contributed by atoms with Crippen molar-refractivity contribution in [3.8, 4) is 0 Å². The predicted octanol–water partition coefficient (Wildman–Crippen LogP) is 1.59. The van der Waals surface area contributed by atoms with Crippen LogP contribution in [0.2, 0.25) is 0 Å². The van der Waals surface area contributed by atoms with Crippen LogP contribution in [0.5, 0.6) is 0 Å². The lowest BCUT2D eigenvalue weighted by molar-refractivity contribution is -0.129. The number of rotatable bonds is 4. The van der Waals surface area contributed by atoms with Crippen LogP contribution in [0.4, 0.5) is 11.8 Å². The van der Waals surface area contributed by atoms with Crippen LogP contribution in [0.15, 0.2) is 6.07 Å². The maximum atomic E-state index is 12.3. The molecule has 0 aromatic carbocycles. The summed E-state index contributed by atoms with van der Waals surface area (Å²) >= 11 is 0. The molecule has 22 heavy (non-hydrogen) atoms.